The Hall–Kier alpha value is -3.52. The summed E-state index contributed by atoms with van der Waals surface area (Å²) in [7, 11) is 0. The molecule has 3 aromatic carbocycles. The number of carbonyl (C=O) groups excluding carboxylic acids is 1. The molecule has 0 unspecified atom stereocenters. The number of hydrogen-bond acceptors (Lipinski definition) is 4. The molecule has 1 aromatic heterocycles. The van der Waals surface area contributed by atoms with Crippen LogP contribution in [-0.2, 0) is 11.3 Å². The van der Waals surface area contributed by atoms with E-state index in [1.165, 1.54) is 6.07 Å². The van der Waals surface area contributed by atoms with Crippen molar-refractivity contribution < 1.29 is 13.6 Å². The maximum Gasteiger partial charge on any atom is 0.275 e. The Labute approximate surface area is 180 Å². The van der Waals surface area contributed by atoms with Gasteiger partial charge in [0, 0.05) is 21.5 Å². The smallest absolute Gasteiger partial charge is 0.275 e. The first kappa shape index (κ1) is 20.7. The van der Waals surface area contributed by atoms with Crippen LogP contribution in [0.2, 0.25) is 0 Å². The summed E-state index contributed by atoms with van der Waals surface area (Å²) in [5.74, 6) is -2.43. The predicted octanol–water partition coefficient (Wildman–Crippen LogP) is 4.70. The SMILES string of the molecule is CSc1ccc(NC(=O)Cn2nc(-c3ccc(F)c(F)c3)c3ccccc3c2=O)cc1. The summed E-state index contributed by atoms with van der Waals surface area (Å²) in [6, 6.07) is 17.4. The Balaban J connectivity index is 1.72. The molecule has 0 aliphatic carbocycles. The molecule has 31 heavy (non-hydrogen) atoms. The van der Waals surface area contributed by atoms with Gasteiger partial charge in [0.15, 0.2) is 11.6 Å². The largest absolute Gasteiger partial charge is 0.324 e. The second-order valence-corrected chi connectivity index (χ2v) is 7.64. The van der Waals surface area contributed by atoms with Gasteiger partial charge in [-0.3, -0.25) is 9.59 Å². The summed E-state index contributed by atoms with van der Waals surface area (Å²) in [4.78, 5) is 26.5. The van der Waals surface area contributed by atoms with Gasteiger partial charge < -0.3 is 5.32 Å². The van der Waals surface area contributed by atoms with Gasteiger partial charge in [0.05, 0.1) is 11.1 Å². The fourth-order valence-corrected chi connectivity index (χ4v) is 3.62. The number of hydrogen-bond donors (Lipinski definition) is 1. The number of fused-ring (bicyclic) bond motifs is 1. The first-order chi connectivity index (χ1) is 15.0. The van der Waals surface area contributed by atoms with Gasteiger partial charge in [-0.15, -0.1) is 11.8 Å². The van der Waals surface area contributed by atoms with Crippen molar-refractivity contribution >= 4 is 34.1 Å². The van der Waals surface area contributed by atoms with Crippen LogP contribution in [0.3, 0.4) is 0 Å². The zero-order valence-corrected chi connectivity index (χ0v) is 17.2. The second-order valence-electron chi connectivity index (χ2n) is 6.76. The van der Waals surface area contributed by atoms with Crippen molar-refractivity contribution in [3.63, 3.8) is 0 Å². The molecule has 0 atom stereocenters. The average Bonchev–Trinajstić information content (AvgIpc) is 2.78. The standard InChI is InChI=1S/C23H17F2N3O2S/c1-31-16-9-7-15(8-10-16)26-21(29)13-28-23(30)18-5-3-2-4-17(18)22(27-28)14-6-11-19(24)20(25)12-14/h2-12H,13H2,1H3,(H,26,29). The van der Waals surface area contributed by atoms with E-state index in [4.69, 9.17) is 0 Å². The Morgan fingerprint density at radius 1 is 1.00 bits per heavy atom. The number of anilines is 1. The molecule has 1 N–H and O–H groups in total. The number of carbonyl (C=O) groups is 1. The number of benzene rings is 3. The van der Waals surface area contributed by atoms with Crippen molar-refractivity contribution in [1.29, 1.82) is 0 Å². The molecule has 0 saturated heterocycles. The molecule has 1 amide bonds. The van der Waals surface area contributed by atoms with Crippen LogP contribution >= 0.6 is 11.8 Å². The molecule has 0 spiro atoms. The summed E-state index contributed by atoms with van der Waals surface area (Å²) < 4.78 is 28.2. The second kappa shape index (κ2) is 8.69. The van der Waals surface area contributed by atoms with Gasteiger partial charge >= 0.3 is 0 Å². The average molecular weight is 437 g/mol. The zero-order chi connectivity index (χ0) is 22.0. The number of nitrogens with zero attached hydrogens (tertiary/aromatic N) is 2. The topological polar surface area (TPSA) is 64.0 Å². The number of thioether (sulfide) groups is 1. The first-order valence-corrected chi connectivity index (χ1v) is 10.6. The maximum atomic E-state index is 13.8. The van der Waals surface area contributed by atoms with Crippen LogP contribution < -0.4 is 10.9 Å². The van der Waals surface area contributed by atoms with Crippen LogP contribution in [-0.4, -0.2) is 21.9 Å². The number of halogens is 2. The van der Waals surface area contributed by atoms with E-state index in [1.807, 2.05) is 18.4 Å². The molecule has 0 fully saturated rings. The Morgan fingerprint density at radius 3 is 2.39 bits per heavy atom. The van der Waals surface area contributed by atoms with Crippen molar-refractivity contribution in [3.8, 4) is 11.3 Å². The van der Waals surface area contributed by atoms with Crippen LogP contribution in [0.4, 0.5) is 14.5 Å². The lowest BCUT2D eigenvalue weighted by Gasteiger charge is -2.12. The maximum absolute atomic E-state index is 13.8. The molecule has 0 saturated carbocycles. The first-order valence-electron chi connectivity index (χ1n) is 9.35. The van der Waals surface area contributed by atoms with Gasteiger partial charge in [-0.2, -0.15) is 5.10 Å². The lowest BCUT2D eigenvalue weighted by molar-refractivity contribution is -0.117. The van der Waals surface area contributed by atoms with Crippen molar-refractivity contribution in [3.05, 3.63) is 88.7 Å². The van der Waals surface area contributed by atoms with E-state index in [2.05, 4.69) is 10.4 Å². The van der Waals surface area contributed by atoms with Gasteiger partial charge in [0.1, 0.15) is 6.54 Å². The summed E-state index contributed by atoms with van der Waals surface area (Å²) in [6.45, 7) is -0.329. The van der Waals surface area contributed by atoms with Gasteiger partial charge in [-0.1, -0.05) is 18.2 Å². The molecular weight excluding hydrogens is 420 g/mol. The summed E-state index contributed by atoms with van der Waals surface area (Å²) in [6.07, 6.45) is 1.95. The van der Waals surface area contributed by atoms with Crippen molar-refractivity contribution in [1.82, 2.24) is 9.78 Å². The molecule has 0 radical (unpaired) electrons. The third-order valence-corrected chi connectivity index (χ3v) is 5.47. The quantitative estimate of drug-likeness (QED) is 0.460. The van der Waals surface area contributed by atoms with E-state index in [-0.39, 0.29) is 12.2 Å². The fraction of sp³-hybridized carbons (Fsp3) is 0.0870. The highest BCUT2D eigenvalue weighted by Crippen LogP contribution is 2.26. The van der Waals surface area contributed by atoms with E-state index in [0.29, 0.717) is 22.0 Å². The van der Waals surface area contributed by atoms with Gasteiger partial charge in [-0.25, -0.2) is 13.5 Å². The molecule has 156 valence electrons. The minimum Gasteiger partial charge on any atom is -0.324 e. The number of aromatic nitrogens is 2. The monoisotopic (exact) mass is 437 g/mol. The number of rotatable bonds is 5. The fourth-order valence-electron chi connectivity index (χ4n) is 3.21. The molecule has 0 aliphatic heterocycles. The molecule has 4 rings (SSSR count). The van der Waals surface area contributed by atoms with Gasteiger partial charge in [-0.05, 0) is 54.8 Å². The highest BCUT2D eigenvalue weighted by Gasteiger charge is 2.15. The summed E-state index contributed by atoms with van der Waals surface area (Å²) >= 11 is 1.59. The predicted molar refractivity (Wildman–Crippen MR) is 118 cm³/mol. The van der Waals surface area contributed by atoms with Crippen LogP contribution in [0.25, 0.3) is 22.0 Å². The molecule has 5 nitrogen and oxygen atoms in total. The highest BCUT2D eigenvalue weighted by atomic mass is 32.2. The third kappa shape index (κ3) is 4.34. The van der Waals surface area contributed by atoms with E-state index >= 15 is 0 Å². The van der Waals surface area contributed by atoms with Crippen LogP contribution in [0.1, 0.15) is 0 Å². The summed E-state index contributed by atoms with van der Waals surface area (Å²) in [5, 5.41) is 7.85. The summed E-state index contributed by atoms with van der Waals surface area (Å²) in [5.41, 5.74) is 0.732. The van der Waals surface area contributed by atoms with Gasteiger partial charge in [0.2, 0.25) is 5.91 Å². The van der Waals surface area contributed by atoms with E-state index in [9.17, 15) is 18.4 Å². The minimum absolute atomic E-state index is 0.284. The molecule has 8 heteroatoms. The lowest BCUT2D eigenvalue weighted by atomic mass is 10.0. The van der Waals surface area contributed by atoms with Crippen LogP contribution in [0.5, 0.6) is 0 Å². The Morgan fingerprint density at radius 2 is 1.71 bits per heavy atom. The zero-order valence-electron chi connectivity index (χ0n) is 16.4. The van der Waals surface area contributed by atoms with Crippen molar-refractivity contribution in [2.24, 2.45) is 0 Å². The van der Waals surface area contributed by atoms with Crippen LogP contribution in [0, 0.1) is 11.6 Å². The normalized spacial score (nSPS) is 10.9. The van der Waals surface area contributed by atoms with Crippen LogP contribution in [0.15, 0.2) is 76.4 Å². The molecule has 1 heterocycles. The van der Waals surface area contributed by atoms with E-state index in [1.54, 1.807) is 48.2 Å². The molecule has 4 aromatic rings. The van der Waals surface area contributed by atoms with E-state index < -0.39 is 23.1 Å². The number of nitrogens with one attached hydrogen (secondary N) is 1. The molecule has 0 bridgehead atoms. The third-order valence-electron chi connectivity index (χ3n) is 4.73. The van der Waals surface area contributed by atoms with Crippen molar-refractivity contribution in [2.45, 2.75) is 11.4 Å². The lowest BCUT2D eigenvalue weighted by Crippen LogP contribution is -2.30. The number of amides is 1. The molecular formula is C23H17F2N3O2S. The van der Waals surface area contributed by atoms with E-state index in [0.717, 1.165) is 21.7 Å². The van der Waals surface area contributed by atoms with Gasteiger partial charge in [0.25, 0.3) is 5.56 Å². The minimum atomic E-state index is -1.02. The Kier molecular flexibility index (Phi) is 5.81. The van der Waals surface area contributed by atoms with Crippen molar-refractivity contribution in [2.75, 3.05) is 11.6 Å². The Bertz CT molecular complexity index is 1340. The highest BCUT2D eigenvalue weighted by molar-refractivity contribution is 7.98. The molecule has 0 aliphatic rings.